The van der Waals surface area contributed by atoms with Gasteiger partial charge in [-0.2, -0.15) is 0 Å². The molecule has 0 aliphatic carbocycles. The Morgan fingerprint density at radius 1 is 1.17 bits per heavy atom. The fourth-order valence-corrected chi connectivity index (χ4v) is 2.64. The van der Waals surface area contributed by atoms with Crippen molar-refractivity contribution >= 4 is 23.3 Å². The second-order valence-corrected chi connectivity index (χ2v) is 6.48. The molecule has 1 atom stereocenters. The fourth-order valence-electron chi connectivity index (χ4n) is 2.47. The summed E-state index contributed by atoms with van der Waals surface area (Å²) in [5.41, 5.74) is -0.135. The van der Waals surface area contributed by atoms with Gasteiger partial charge in [0.2, 0.25) is 11.6 Å². The Kier molecular flexibility index (Phi) is 6.17. The predicted octanol–water partition coefficient (Wildman–Crippen LogP) is 4.66. The molecule has 0 aliphatic heterocycles. The summed E-state index contributed by atoms with van der Waals surface area (Å²) in [6.07, 6.45) is -0.752. The second kappa shape index (κ2) is 8.78. The minimum atomic E-state index is -0.752. The summed E-state index contributed by atoms with van der Waals surface area (Å²) in [6, 6.07) is 8.28. The van der Waals surface area contributed by atoms with E-state index in [-0.39, 0.29) is 39.4 Å². The van der Waals surface area contributed by atoms with E-state index in [1.54, 1.807) is 13.8 Å². The molecule has 0 fully saturated rings. The second-order valence-electron chi connectivity index (χ2n) is 6.04. The van der Waals surface area contributed by atoms with Crippen molar-refractivity contribution in [2.24, 2.45) is 0 Å². The quantitative estimate of drug-likeness (QED) is 0.297. The van der Waals surface area contributed by atoms with Crippen LogP contribution in [0.15, 0.2) is 40.8 Å². The van der Waals surface area contributed by atoms with Crippen molar-refractivity contribution in [1.82, 2.24) is 10.2 Å². The van der Waals surface area contributed by atoms with Crippen LogP contribution in [-0.4, -0.2) is 28.2 Å². The molecule has 0 radical (unpaired) electrons. The zero-order chi connectivity index (χ0) is 21.8. The largest absolute Gasteiger partial charge is 0.493 e. The van der Waals surface area contributed by atoms with E-state index in [1.165, 1.54) is 43.5 Å². The first-order valence-corrected chi connectivity index (χ1v) is 8.97. The number of methoxy groups -OCH3 is 1. The van der Waals surface area contributed by atoms with Gasteiger partial charge in [-0.3, -0.25) is 10.1 Å². The summed E-state index contributed by atoms with van der Waals surface area (Å²) in [7, 11) is 1.37. The van der Waals surface area contributed by atoms with E-state index in [0.29, 0.717) is 5.89 Å². The lowest BCUT2D eigenvalue weighted by Gasteiger charge is -2.13. The number of carbonyl (C=O) groups excluding carboxylic acids is 1. The number of esters is 1. The molecule has 0 bridgehead atoms. The maximum Gasteiger partial charge on any atom is 0.339 e. The third-order valence-electron chi connectivity index (χ3n) is 3.91. The average Bonchev–Trinajstić information content (AvgIpc) is 3.15. The number of benzene rings is 2. The maximum atomic E-state index is 12.4. The van der Waals surface area contributed by atoms with E-state index in [2.05, 4.69) is 10.2 Å². The Hall–Kier alpha value is -3.66. The Morgan fingerprint density at radius 2 is 1.90 bits per heavy atom. The van der Waals surface area contributed by atoms with E-state index in [4.69, 9.17) is 30.2 Å². The first-order valence-electron chi connectivity index (χ1n) is 8.59. The molecule has 0 N–H and O–H groups in total. The van der Waals surface area contributed by atoms with Crippen molar-refractivity contribution in [3.63, 3.8) is 0 Å². The van der Waals surface area contributed by atoms with Gasteiger partial charge in [0.05, 0.1) is 17.6 Å². The lowest BCUT2D eigenvalue weighted by atomic mass is 10.2. The number of carbonyl (C=O) groups is 1. The molecule has 2 aromatic carbocycles. The van der Waals surface area contributed by atoms with Crippen LogP contribution in [0.5, 0.6) is 17.2 Å². The number of ether oxygens (including phenoxy) is 3. The molecule has 30 heavy (non-hydrogen) atoms. The molecule has 156 valence electrons. The standard InChI is InChI=1S/C19H16ClN3O7/c1-10(18-22-21-11(2)29-18)28-19(24)12-4-6-16(17(8-12)27-3)30-15-7-5-13(20)9-14(15)23(25)26/h4-10H,1-3H3/t10-/m0/s1. The van der Waals surface area contributed by atoms with E-state index in [0.717, 1.165) is 0 Å². The van der Waals surface area contributed by atoms with Crippen molar-refractivity contribution in [2.45, 2.75) is 20.0 Å². The number of nitro benzene ring substituents is 1. The molecular formula is C19H16ClN3O7. The summed E-state index contributed by atoms with van der Waals surface area (Å²) in [5.74, 6) is 0.185. The molecule has 10 nitrogen and oxygen atoms in total. The smallest absolute Gasteiger partial charge is 0.339 e. The zero-order valence-electron chi connectivity index (χ0n) is 16.1. The highest BCUT2D eigenvalue weighted by molar-refractivity contribution is 6.30. The van der Waals surface area contributed by atoms with Gasteiger partial charge in [0, 0.05) is 18.0 Å². The van der Waals surface area contributed by atoms with Gasteiger partial charge in [0.25, 0.3) is 5.89 Å². The first kappa shape index (κ1) is 21.1. The van der Waals surface area contributed by atoms with Gasteiger partial charge < -0.3 is 18.6 Å². The number of hydrogen-bond acceptors (Lipinski definition) is 9. The summed E-state index contributed by atoms with van der Waals surface area (Å²) in [5, 5.41) is 18.9. The normalized spacial score (nSPS) is 11.6. The molecule has 0 saturated carbocycles. The number of nitro groups is 1. The van der Waals surface area contributed by atoms with Gasteiger partial charge in [-0.15, -0.1) is 10.2 Å². The molecular weight excluding hydrogens is 418 g/mol. The van der Waals surface area contributed by atoms with Crippen LogP contribution in [0.25, 0.3) is 0 Å². The van der Waals surface area contributed by atoms with E-state index in [1.807, 2.05) is 0 Å². The number of nitrogens with zero attached hydrogens (tertiary/aromatic N) is 3. The van der Waals surface area contributed by atoms with Crippen LogP contribution in [0.4, 0.5) is 5.69 Å². The number of aromatic nitrogens is 2. The van der Waals surface area contributed by atoms with Crippen LogP contribution < -0.4 is 9.47 Å². The van der Waals surface area contributed by atoms with E-state index >= 15 is 0 Å². The predicted molar refractivity (Wildman–Crippen MR) is 104 cm³/mol. The van der Waals surface area contributed by atoms with Crippen LogP contribution in [0.1, 0.15) is 35.2 Å². The van der Waals surface area contributed by atoms with Crippen molar-refractivity contribution in [1.29, 1.82) is 0 Å². The first-order chi connectivity index (χ1) is 14.3. The average molecular weight is 434 g/mol. The van der Waals surface area contributed by atoms with Crippen molar-refractivity contribution in [3.8, 4) is 17.2 Å². The van der Waals surface area contributed by atoms with Crippen LogP contribution >= 0.6 is 11.6 Å². The van der Waals surface area contributed by atoms with Crippen molar-refractivity contribution in [2.75, 3.05) is 7.11 Å². The molecule has 3 aromatic rings. The minimum Gasteiger partial charge on any atom is -0.493 e. The minimum absolute atomic E-state index is 0.0292. The third-order valence-corrected chi connectivity index (χ3v) is 4.15. The molecule has 0 amide bonds. The lowest BCUT2D eigenvalue weighted by Crippen LogP contribution is -2.10. The number of rotatable bonds is 7. The highest BCUT2D eigenvalue weighted by atomic mass is 35.5. The van der Waals surface area contributed by atoms with Gasteiger partial charge in [0.1, 0.15) is 0 Å². The van der Waals surface area contributed by atoms with Gasteiger partial charge in [-0.05, 0) is 37.3 Å². The Balaban J connectivity index is 1.81. The molecule has 0 unspecified atom stereocenters. The topological polar surface area (TPSA) is 127 Å². The van der Waals surface area contributed by atoms with Gasteiger partial charge in [0.15, 0.2) is 17.6 Å². The van der Waals surface area contributed by atoms with Crippen LogP contribution in [0, 0.1) is 17.0 Å². The summed E-state index contributed by atoms with van der Waals surface area (Å²) in [6.45, 7) is 3.22. The molecule has 1 aromatic heterocycles. The third kappa shape index (κ3) is 4.66. The number of halogens is 1. The van der Waals surface area contributed by atoms with Crippen LogP contribution in [0.2, 0.25) is 5.02 Å². The van der Waals surface area contributed by atoms with E-state index < -0.39 is 17.0 Å². The Bertz CT molecular complexity index is 1100. The van der Waals surface area contributed by atoms with Crippen LogP contribution in [0.3, 0.4) is 0 Å². The molecule has 0 saturated heterocycles. The fraction of sp³-hybridized carbons (Fsp3) is 0.211. The Labute approximate surface area is 175 Å². The molecule has 11 heteroatoms. The molecule has 1 heterocycles. The van der Waals surface area contributed by atoms with Gasteiger partial charge in [-0.1, -0.05) is 11.6 Å². The van der Waals surface area contributed by atoms with Gasteiger partial charge >= 0.3 is 11.7 Å². The van der Waals surface area contributed by atoms with E-state index in [9.17, 15) is 14.9 Å². The number of aryl methyl sites for hydroxylation is 1. The van der Waals surface area contributed by atoms with Gasteiger partial charge in [-0.25, -0.2) is 4.79 Å². The SMILES string of the molecule is COc1cc(C(=O)O[C@@H](C)c2nnc(C)o2)ccc1Oc1ccc(Cl)cc1[N+](=O)[O-]. The Morgan fingerprint density at radius 3 is 2.53 bits per heavy atom. The molecule has 3 rings (SSSR count). The monoisotopic (exact) mass is 433 g/mol. The highest BCUT2D eigenvalue weighted by Gasteiger charge is 2.22. The van der Waals surface area contributed by atoms with Crippen molar-refractivity contribution < 1.29 is 28.3 Å². The summed E-state index contributed by atoms with van der Waals surface area (Å²) < 4.78 is 21.4. The lowest BCUT2D eigenvalue weighted by molar-refractivity contribution is -0.385. The summed E-state index contributed by atoms with van der Waals surface area (Å²) in [4.78, 5) is 23.1. The van der Waals surface area contributed by atoms with Crippen LogP contribution in [-0.2, 0) is 4.74 Å². The highest BCUT2D eigenvalue weighted by Crippen LogP contribution is 2.38. The molecule has 0 spiro atoms. The summed E-state index contributed by atoms with van der Waals surface area (Å²) >= 11 is 5.81. The number of hydrogen-bond donors (Lipinski definition) is 0. The maximum absolute atomic E-state index is 12.4. The van der Waals surface area contributed by atoms with Crippen molar-refractivity contribution in [3.05, 3.63) is 68.9 Å². The molecule has 0 aliphatic rings. The zero-order valence-corrected chi connectivity index (χ0v) is 16.9.